The van der Waals surface area contributed by atoms with Gasteiger partial charge in [-0.3, -0.25) is 9.69 Å². The van der Waals surface area contributed by atoms with Crippen LogP contribution in [0.1, 0.15) is 66.7 Å². The van der Waals surface area contributed by atoms with Gasteiger partial charge in [0.05, 0.1) is 22.6 Å². The van der Waals surface area contributed by atoms with E-state index in [0.29, 0.717) is 23.0 Å². The van der Waals surface area contributed by atoms with Crippen molar-refractivity contribution in [1.29, 1.82) is 0 Å². The van der Waals surface area contributed by atoms with Crippen molar-refractivity contribution in [3.63, 3.8) is 0 Å². The van der Waals surface area contributed by atoms with Crippen molar-refractivity contribution < 1.29 is 22.7 Å². The van der Waals surface area contributed by atoms with Gasteiger partial charge in [0.25, 0.3) is 5.91 Å². The van der Waals surface area contributed by atoms with Crippen LogP contribution in [0.5, 0.6) is 5.75 Å². The molecule has 1 amide bonds. The number of alkyl halides is 3. The van der Waals surface area contributed by atoms with E-state index in [0.717, 1.165) is 63.5 Å². The molecular formula is C25H31F3N4O2. The molecule has 2 aliphatic heterocycles. The van der Waals surface area contributed by atoms with Crippen LogP contribution >= 0.6 is 0 Å². The van der Waals surface area contributed by atoms with Gasteiger partial charge >= 0.3 is 6.36 Å². The molecule has 34 heavy (non-hydrogen) atoms. The molecule has 0 radical (unpaired) electrons. The van der Waals surface area contributed by atoms with Crippen LogP contribution in [0.15, 0.2) is 24.3 Å². The Labute approximate surface area is 197 Å². The molecule has 6 nitrogen and oxygen atoms in total. The molecule has 0 spiro atoms. The SMILES string of the molecule is Cc1nn(-c2cccc(OC(F)(F)F)c2)c(C2CC2)c1C(=O)N1CCC(N2CCC(C)C2)CC1. The molecule has 3 heterocycles. The number of hydrogen-bond donors (Lipinski definition) is 0. The van der Waals surface area contributed by atoms with Gasteiger partial charge in [-0.05, 0) is 63.6 Å². The van der Waals surface area contributed by atoms with E-state index in [1.807, 2.05) is 11.8 Å². The lowest BCUT2D eigenvalue weighted by Crippen LogP contribution is -2.46. The Hall–Kier alpha value is -2.55. The summed E-state index contributed by atoms with van der Waals surface area (Å²) in [4.78, 5) is 18.1. The minimum Gasteiger partial charge on any atom is -0.406 e. The van der Waals surface area contributed by atoms with Gasteiger partial charge in [0.2, 0.25) is 0 Å². The number of hydrogen-bond acceptors (Lipinski definition) is 4. The molecule has 1 atom stereocenters. The van der Waals surface area contributed by atoms with Gasteiger partial charge in [0, 0.05) is 37.7 Å². The number of aromatic nitrogens is 2. The molecule has 1 aromatic carbocycles. The summed E-state index contributed by atoms with van der Waals surface area (Å²) in [6, 6.07) is 6.33. The number of piperidine rings is 1. The molecule has 0 N–H and O–H groups in total. The average molecular weight is 477 g/mol. The quantitative estimate of drug-likeness (QED) is 0.616. The Morgan fingerprint density at radius 1 is 1.09 bits per heavy atom. The van der Waals surface area contributed by atoms with Crippen molar-refractivity contribution in [3.05, 3.63) is 41.2 Å². The number of halogens is 3. The van der Waals surface area contributed by atoms with Crippen molar-refractivity contribution in [2.45, 2.75) is 64.3 Å². The highest BCUT2D eigenvalue weighted by molar-refractivity contribution is 5.97. The van der Waals surface area contributed by atoms with E-state index in [4.69, 9.17) is 0 Å². The number of rotatable bonds is 5. The van der Waals surface area contributed by atoms with Crippen molar-refractivity contribution in [2.24, 2.45) is 5.92 Å². The number of nitrogens with zero attached hydrogens (tertiary/aromatic N) is 4. The number of benzene rings is 1. The van der Waals surface area contributed by atoms with E-state index < -0.39 is 6.36 Å². The van der Waals surface area contributed by atoms with Crippen LogP contribution in [0.2, 0.25) is 0 Å². The van der Waals surface area contributed by atoms with Crippen molar-refractivity contribution in [1.82, 2.24) is 19.6 Å². The third kappa shape index (κ3) is 4.80. The van der Waals surface area contributed by atoms with Crippen molar-refractivity contribution in [2.75, 3.05) is 26.2 Å². The fourth-order valence-corrected chi connectivity index (χ4v) is 5.45. The number of amides is 1. The van der Waals surface area contributed by atoms with Crippen LogP contribution in [0.25, 0.3) is 5.69 Å². The van der Waals surface area contributed by atoms with Crippen LogP contribution < -0.4 is 4.74 Å². The summed E-state index contributed by atoms with van der Waals surface area (Å²) >= 11 is 0. The minimum atomic E-state index is -4.77. The Bertz CT molecular complexity index is 1050. The Morgan fingerprint density at radius 2 is 1.82 bits per heavy atom. The number of ether oxygens (including phenoxy) is 1. The summed E-state index contributed by atoms with van der Waals surface area (Å²) < 4.78 is 43.9. The smallest absolute Gasteiger partial charge is 0.406 e. The van der Waals surface area contributed by atoms with E-state index in [2.05, 4.69) is 21.7 Å². The fourth-order valence-electron chi connectivity index (χ4n) is 5.45. The zero-order chi connectivity index (χ0) is 24.0. The van der Waals surface area contributed by atoms with Crippen LogP contribution in [0, 0.1) is 12.8 Å². The third-order valence-corrected chi connectivity index (χ3v) is 7.29. The maximum absolute atomic E-state index is 13.6. The molecule has 1 aliphatic carbocycles. The lowest BCUT2D eigenvalue weighted by Gasteiger charge is -2.37. The molecule has 5 rings (SSSR count). The van der Waals surface area contributed by atoms with E-state index >= 15 is 0 Å². The number of aryl methyl sites for hydroxylation is 1. The first-order chi connectivity index (χ1) is 16.2. The van der Waals surface area contributed by atoms with Crippen LogP contribution in [-0.2, 0) is 0 Å². The third-order valence-electron chi connectivity index (χ3n) is 7.29. The number of likely N-dealkylation sites (tertiary alicyclic amines) is 2. The minimum absolute atomic E-state index is 0.0124. The second kappa shape index (κ2) is 8.91. The highest BCUT2D eigenvalue weighted by Crippen LogP contribution is 2.44. The summed E-state index contributed by atoms with van der Waals surface area (Å²) in [7, 11) is 0. The van der Waals surface area contributed by atoms with E-state index in [1.54, 1.807) is 10.7 Å². The molecule has 2 aromatic rings. The second-order valence-electron chi connectivity index (χ2n) is 9.99. The van der Waals surface area contributed by atoms with Gasteiger partial charge in [-0.25, -0.2) is 4.68 Å². The van der Waals surface area contributed by atoms with E-state index in [-0.39, 0.29) is 17.6 Å². The summed E-state index contributed by atoms with van der Waals surface area (Å²) in [5.41, 5.74) is 2.50. The molecule has 3 aliphatic rings. The monoisotopic (exact) mass is 476 g/mol. The first kappa shape index (κ1) is 23.2. The van der Waals surface area contributed by atoms with Crippen LogP contribution in [0.3, 0.4) is 0 Å². The van der Waals surface area contributed by atoms with E-state index in [1.165, 1.54) is 24.6 Å². The number of carbonyl (C=O) groups excluding carboxylic acids is 1. The summed E-state index contributed by atoms with van der Waals surface area (Å²) in [5.74, 6) is 0.623. The highest BCUT2D eigenvalue weighted by atomic mass is 19.4. The Kier molecular flexibility index (Phi) is 6.08. The maximum atomic E-state index is 13.6. The zero-order valence-corrected chi connectivity index (χ0v) is 19.6. The maximum Gasteiger partial charge on any atom is 0.573 e. The normalized spacial score (nSPS) is 22.4. The van der Waals surface area contributed by atoms with Crippen molar-refractivity contribution in [3.8, 4) is 11.4 Å². The molecule has 1 saturated carbocycles. The molecule has 0 bridgehead atoms. The van der Waals surface area contributed by atoms with Crippen molar-refractivity contribution >= 4 is 5.91 Å². The topological polar surface area (TPSA) is 50.6 Å². The lowest BCUT2D eigenvalue weighted by atomic mass is 10.0. The summed E-state index contributed by atoms with van der Waals surface area (Å²) in [6.45, 7) is 7.84. The molecule has 2 saturated heterocycles. The van der Waals surface area contributed by atoms with Gasteiger partial charge in [-0.1, -0.05) is 13.0 Å². The van der Waals surface area contributed by atoms with Crippen LogP contribution in [-0.4, -0.2) is 64.1 Å². The van der Waals surface area contributed by atoms with Gasteiger partial charge in [-0.15, -0.1) is 13.2 Å². The summed E-state index contributed by atoms with van der Waals surface area (Å²) in [5, 5.41) is 4.61. The largest absolute Gasteiger partial charge is 0.573 e. The van der Waals surface area contributed by atoms with E-state index in [9.17, 15) is 18.0 Å². The molecule has 1 unspecified atom stereocenters. The Morgan fingerprint density at radius 3 is 2.44 bits per heavy atom. The van der Waals surface area contributed by atoms with Gasteiger partial charge in [-0.2, -0.15) is 5.10 Å². The lowest BCUT2D eigenvalue weighted by molar-refractivity contribution is -0.274. The summed E-state index contributed by atoms with van der Waals surface area (Å²) in [6.07, 6.45) is 0.317. The molecule has 184 valence electrons. The zero-order valence-electron chi connectivity index (χ0n) is 19.6. The second-order valence-corrected chi connectivity index (χ2v) is 9.99. The molecule has 1 aromatic heterocycles. The average Bonchev–Trinajstić information content (AvgIpc) is 3.44. The van der Waals surface area contributed by atoms with Gasteiger partial charge in [0.15, 0.2) is 0 Å². The van der Waals surface area contributed by atoms with Gasteiger partial charge < -0.3 is 9.64 Å². The first-order valence-electron chi connectivity index (χ1n) is 12.2. The van der Waals surface area contributed by atoms with Crippen LogP contribution in [0.4, 0.5) is 13.2 Å². The van der Waals surface area contributed by atoms with Gasteiger partial charge in [0.1, 0.15) is 5.75 Å². The fraction of sp³-hybridized carbons (Fsp3) is 0.600. The first-order valence-corrected chi connectivity index (χ1v) is 12.2. The molecule has 9 heteroatoms. The predicted octanol–water partition coefficient (Wildman–Crippen LogP) is 4.90. The Balaban J connectivity index is 1.37. The highest BCUT2D eigenvalue weighted by Gasteiger charge is 2.38. The standard InChI is InChI=1S/C25H31F3N4O2/c1-16-8-11-31(15-16)19-9-12-30(13-10-19)24(33)22-17(2)29-32(23(22)18-6-7-18)20-4-3-5-21(14-20)34-25(26,27)28/h3-5,14,16,18-19H,6-13,15H2,1-2H3. The molecular weight excluding hydrogens is 445 g/mol. The molecule has 3 fully saturated rings. The number of carbonyl (C=O) groups is 1. The predicted molar refractivity (Wildman–Crippen MR) is 121 cm³/mol.